The van der Waals surface area contributed by atoms with Gasteiger partial charge in [-0.05, 0) is 24.3 Å². The second-order valence-electron chi connectivity index (χ2n) is 3.78. The average Bonchev–Trinajstić information content (AvgIpc) is 2.33. The molecule has 0 fully saturated rings. The molecule has 0 aliphatic carbocycles. The lowest BCUT2D eigenvalue weighted by atomic mass is 10.1. The fourth-order valence-electron chi connectivity index (χ4n) is 1.50. The van der Waals surface area contributed by atoms with Crippen molar-refractivity contribution in [3.63, 3.8) is 0 Å². The minimum Gasteiger partial charge on any atom is -0.396 e. The highest BCUT2D eigenvalue weighted by molar-refractivity contribution is 5.71. The van der Waals surface area contributed by atoms with Crippen molar-refractivity contribution in [1.82, 2.24) is 4.98 Å². The van der Waals surface area contributed by atoms with Gasteiger partial charge in [-0.3, -0.25) is 4.98 Å². The van der Waals surface area contributed by atoms with E-state index in [4.69, 9.17) is 5.73 Å². The highest BCUT2D eigenvalue weighted by Crippen LogP contribution is 2.34. The number of nitrogen functional groups attached to an aromatic ring is 1. The first kappa shape index (κ1) is 13.1. The monoisotopic (exact) mass is 271 g/mol. The predicted molar refractivity (Wildman–Crippen MR) is 63.3 cm³/mol. The van der Waals surface area contributed by atoms with Crippen molar-refractivity contribution in [2.24, 2.45) is 0 Å². The third kappa shape index (κ3) is 2.93. The summed E-state index contributed by atoms with van der Waals surface area (Å²) in [6.45, 7) is 0. The Morgan fingerprint density at radius 1 is 1.16 bits per heavy atom. The molecule has 1 heterocycles. The van der Waals surface area contributed by atoms with Crippen molar-refractivity contribution in [3.05, 3.63) is 48.0 Å². The van der Waals surface area contributed by atoms with E-state index in [-0.39, 0.29) is 11.4 Å². The normalized spacial score (nSPS) is 11.4. The molecule has 2 aromatic rings. The quantitative estimate of drug-likeness (QED) is 0.821. The van der Waals surface area contributed by atoms with E-state index in [2.05, 4.69) is 10.3 Å². The predicted octanol–water partition coefficient (Wildman–Crippen LogP) is 3.57. The zero-order valence-corrected chi connectivity index (χ0v) is 9.50. The second-order valence-corrected chi connectivity index (χ2v) is 3.78. The summed E-state index contributed by atoms with van der Waals surface area (Å²) in [6, 6.07) is 4.15. The van der Waals surface area contributed by atoms with Crippen LogP contribution in [0.5, 0.6) is 0 Å². The summed E-state index contributed by atoms with van der Waals surface area (Å²) in [6.07, 6.45) is -1.95. The Morgan fingerprint density at radius 2 is 1.89 bits per heavy atom. The number of aromatic nitrogens is 1. The van der Waals surface area contributed by atoms with Gasteiger partial charge in [-0.2, -0.15) is 13.2 Å². The molecule has 0 radical (unpaired) electrons. The van der Waals surface area contributed by atoms with Crippen molar-refractivity contribution in [3.8, 4) is 0 Å². The van der Waals surface area contributed by atoms with E-state index >= 15 is 0 Å². The number of benzene rings is 1. The fourth-order valence-corrected chi connectivity index (χ4v) is 1.50. The van der Waals surface area contributed by atoms with Crippen LogP contribution in [0.15, 0.2) is 36.7 Å². The van der Waals surface area contributed by atoms with Crippen molar-refractivity contribution >= 4 is 17.1 Å². The average molecular weight is 271 g/mol. The SMILES string of the molecule is Nc1cnccc1Nc1ccc(F)c(C(F)(F)F)c1. The fraction of sp³-hybridized carbons (Fsp3) is 0.0833. The van der Waals surface area contributed by atoms with Gasteiger partial charge in [-0.25, -0.2) is 4.39 Å². The van der Waals surface area contributed by atoms with E-state index in [1.165, 1.54) is 24.5 Å². The van der Waals surface area contributed by atoms with E-state index in [1.807, 2.05) is 0 Å². The first-order chi connectivity index (χ1) is 8.88. The molecule has 3 N–H and O–H groups in total. The molecule has 0 unspecified atom stereocenters. The highest BCUT2D eigenvalue weighted by Gasteiger charge is 2.34. The van der Waals surface area contributed by atoms with Crippen molar-refractivity contribution in [2.45, 2.75) is 6.18 Å². The van der Waals surface area contributed by atoms with Gasteiger partial charge in [0.25, 0.3) is 0 Å². The molecule has 0 saturated carbocycles. The summed E-state index contributed by atoms with van der Waals surface area (Å²) < 4.78 is 50.7. The van der Waals surface area contributed by atoms with E-state index < -0.39 is 17.6 Å². The number of nitrogens with zero attached hydrogens (tertiary/aromatic N) is 1. The third-order valence-corrected chi connectivity index (χ3v) is 2.40. The zero-order valence-electron chi connectivity index (χ0n) is 9.50. The summed E-state index contributed by atoms with van der Waals surface area (Å²) in [4.78, 5) is 3.75. The van der Waals surface area contributed by atoms with E-state index in [1.54, 1.807) is 0 Å². The van der Waals surface area contributed by atoms with Crippen LogP contribution in [0.25, 0.3) is 0 Å². The molecule has 0 atom stereocenters. The molecule has 100 valence electrons. The molecule has 3 nitrogen and oxygen atoms in total. The van der Waals surface area contributed by atoms with Crippen LogP contribution in [0.1, 0.15) is 5.56 Å². The summed E-state index contributed by atoms with van der Waals surface area (Å²) in [5.74, 6) is -1.32. The summed E-state index contributed by atoms with van der Waals surface area (Å²) in [7, 11) is 0. The molecule has 1 aromatic carbocycles. The van der Waals surface area contributed by atoms with E-state index in [0.29, 0.717) is 11.8 Å². The van der Waals surface area contributed by atoms with Crippen LogP contribution in [0.3, 0.4) is 0 Å². The van der Waals surface area contributed by atoms with Gasteiger partial charge in [-0.1, -0.05) is 0 Å². The first-order valence-corrected chi connectivity index (χ1v) is 5.21. The molecule has 1 aromatic heterocycles. The number of hydrogen-bond acceptors (Lipinski definition) is 3. The Bertz CT molecular complexity index is 596. The lowest BCUT2D eigenvalue weighted by Crippen LogP contribution is -2.08. The topological polar surface area (TPSA) is 50.9 Å². The maximum atomic E-state index is 13.1. The number of nitrogens with two attached hydrogens (primary N) is 1. The molecule has 0 spiro atoms. The van der Waals surface area contributed by atoms with Gasteiger partial charge in [0, 0.05) is 11.9 Å². The van der Waals surface area contributed by atoms with E-state index in [9.17, 15) is 17.6 Å². The molecule has 0 saturated heterocycles. The Kier molecular flexibility index (Phi) is 3.28. The van der Waals surface area contributed by atoms with Crippen LogP contribution < -0.4 is 11.1 Å². The maximum absolute atomic E-state index is 13.1. The number of anilines is 3. The van der Waals surface area contributed by atoms with Crippen LogP contribution in [0.2, 0.25) is 0 Å². The zero-order chi connectivity index (χ0) is 14.0. The molecule has 7 heteroatoms. The minimum atomic E-state index is -4.74. The molecule has 0 bridgehead atoms. The van der Waals surface area contributed by atoms with Crippen LogP contribution >= 0.6 is 0 Å². The van der Waals surface area contributed by atoms with Gasteiger partial charge in [0.2, 0.25) is 0 Å². The van der Waals surface area contributed by atoms with Crippen LogP contribution in [0.4, 0.5) is 34.6 Å². The number of alkyl halides is 3. The molecule has 0 aliphatic rings. The van der Waals surface area contributed by atoms with Crippen LogP contribution in [0, 0.1) is 5.82 Å². The minimum absolute atomic E-state index is 0.0895. The molecule has 0 aliphatic heterocycles. The third-order valence-electron chi connectivity index (χ3n) is 2.40. The summed E-state index contributed by atoms with van der Waals surface area (Å²) in [5.41, 5.74) is 5.04. The Morgan fingerprint density at radius 3 is 2.53 bits per heavy atom. The van der Waals surface area contributed by atoms with Crippen molar-refractivity contribution in [2.75, 3.05) is 11.1 Å². The van der Waals surface area contributed by atoms with Gasteiger partial charge in [0.1, 0.15) is 5.82 Å². The number of pyridine rings is 1. The molecular formula is C12H9F4N3. The summed E-state index contributed by atoms with van der Waals surface area (Å²) >= 11 is 0. The lowest BCUT2D eigenvalue weighted by molar-refractivity contribution is -0.139. The second kappa shape index (κ2) is 4.75. The van der Waals surface area contributed by atoms with E-state index in [0.717, 1.165) is 6.07 Å². The first-order valence-electron chi connectivity index (χ1n) is 5.21. The largest absolute Gasteiger partial charge is 0.419 e. The summed E-state index contributed by atoms with van der Waals surface area (Å²) in [5, 5.41) is 2.68. The molecule has 19 heavy (non-hydrogen) atoms. The number of rotatable bonds is 2. The smallest absolute Gasteiger partial charge is 0.396 e. The van der Waals surface area contributed by atoms with Gasteiger partial charge < -0.3 is 11.1 Å². The number of hydrogen-bond donors (Lipinski definition) is 2. The Hall–Kier alpha value is -2.31. The van der Waals surface area contributed by atoms with Crippen LogP contribution in [-0.4, -0.2) is 4.98 Å². The highest BCUT2D eigenvalue weighted by atomic mass is 19.4. The van der Waals surface area contributed by atoms with Crippen LogP contribution in [-0.2, 0) is 6.18 Å². The van der Waals surface area contributed by atoms with Gasteiger partial charge in [-0.15, -0.1) is 0 Å². The Labute approximate surface area is 106 Å². The number of halogens is 4. The Balaban J connectivity index is 2.35. The van der Waals surface area contributed by atoms with Gasteiger partial charge in [0.05, 0.1) is 23.1 Å². The van der Waals surface area contributed by atoms with Gasteiger partial charge in [0.15, 0.2) is 0 Å². The standard InChI is InChI=1S/C12H9F4N3/c13-9-2-1-7(5-8(9)12(14,15)16)19-11-3-4-18-6-10(11)17/h1-6H,17H2,(H,18,19). The van der Waals surface area contributed by atoms with Gasteiger partial charge >= 0.3 is 6.18 Å². The molecular weight excluding hydrogens is 262 g/mol. The lowest BCUT2D eigenvalue weighted by Gasteiger charge is -2.12. The number of nitrogens with one attached hydrogen (secondary N) is 1. The molecule has 0 amide bonds. The van der Waals surface area contributed by atoms with Crippen molar-refractivity contribution < 1.29 is 17.6 Å². The van der Waals surface area contributed by atoms with Crippen molar-refractivity contribution in [1.29, 1.82) is 0 Å². The maximum Gasteiger partial charge on any atom is 0.419 e. The molecule has 2 rings (SSSR count).